The van der Waals surface area contributed by atoms with Crippen molar-refractivity contribution in [3.8, 4) is 5.75 Å². The third kappa shape index (κ3) is 4.00. The average molecular weight is 417 g/mol. The normalized spacial score (nSPS) is 11.0. The fourth-order valence-corrected chi connectivity index (χ4v) is 4.27. The van der Waals surface area contributed by atoms with Gasteiger partial charge in [0.2, 0.25) is 0 Å². The lowest BCUT2D eigenvalue weighted by atomic mass is 10.3. The van der Waals surface area contributed by atoms with Gasteiger partial charge in [-0.1, -0.05) is 11.3 Å². The number of halogens is 2. The number of carbonyl (C=O) groups excluding carboxylic acids is 1. The van der Waals surface area contributed by atoms with Gasteiger partial charge in [0.05, 0.1) is 15.9 Å². The fourth-order valence-electron chi connectivity index (χ4n) is 2.51. The Kier molecular flexibility index (Phi) is 5.01. The Bertz CT molecular complexity index is 1160. The summed E-state index contributed by atoms with van der Waals surface area (Å²) in [5, 5.41) is 3.75. The van der Waals surface area contributed by atoms with E-state index in [1.165, 1.54) is 59.1 Å². The van der Waals surface area contributed by atoms with Crippen molar-refractivity contribution >= 4 is 43.9 Å². The molecule has 2 aromatic carbocycles. The molecule has 9 heteroatoms. The lowest BCUT2D eigenvalue weighted by Gasteiger charge is -2.03. The number of benzene rings is 2. The van der Waals surface area contributed by atoms with Gasteiger partial charge < -0.3 is 4.74 Å². The molecule has 0 aliphatic carbocycles. The Hall–Kier alpha value is -2.91. The molecule has 142 valence electrons. The highest BCUT2D eigenvalue weighted by Crippen LogP contribution is 2.28. The van der Waals surface area contributed by atoms with Crippen molar-refractivity contribution in [3.05, 3.63) is 69.7 Å². The standard InChI is InChI=1S/C19H13F2N3O2S2/c1-10-17(28-16(22-10)9-26-13-5-2-11(20)3-6-13)18(25)24-19-23-14-7-4-12(21)8-15(14)27-19/h2-8H,9H2,1H3,(H,23,24,25). The van der Waals surface area contributed by atoms with Gasteiger partial charge in [0, 0.05) is 0 Å². The zero-order chi connectivity index (χ0) is 19.7. The molecule has 28 heavy (non-hydrogen) atoms. The van der Waals surface area contributed by atoms with Crippen molar-refractivity contribution in [2.45, 2.75) is 13.5 Å². The van der Waals surface area contributed by atoms with Crippen LogP contribution in [-0.2, 0) is 6.61 Å². The van der Waals surface area contributed by atoms with Crippen LogP contribution in [0.2, 0.25) is 0 Å². The molecule has 0 unspecified atom stereocenters. The third-order valence-electron chi connectivity index (χ3n) is 3.79. The van der Waals surface area contributed by atoms with E-state index in [1.807, 2.05) is 0 Å². The van der Waals surface area contributed by atoms with Crippen molar-refractivity contribution < 1.29 is 18.3 Å². The van der Waals surface area contributed by atoms with Crippen LogP contribution >= 0.6 is 22.7 Å². The molecule has 0 saturated carbocycles. The molecule has 4 aromatic rings. The number of anilines is 1. The highest BCUT2D eigenvalue weighted by molar-refractivity contribution is 7.22. The van der Waals surface area contributed by atoms with E-state index in [0.717, 1.165) is 0 Å². The Morgan fingerprint density at radius 3 is 2.61 bits per heavy atom. The maximum absolute atomic E-state index is 13.3. The Morgan fingerprint density at radius 1 is 1.07 bits per heavy atom. The highest BCUT2D eigenvalue weighted by Gasteiger charge is 2.17. The van der Waals surface area contributed by atoms with Crippen molar-refractivity contribution in [2.24, 2.45) is 0 Å². The lowest BCUT2D eigenvalue weighted by Crippen LogP contribution is -2.11. The van der Waals surface area contributed by atoms with E-state index in [4.69, 9.17) is 4.74 Å². The summed E-state index contributed by atoms with van der Waals surface area (Å²) >= 11 is 2.41. The van der Waals surface area contributed by atoms with E-state index in [9.17, 15) is 13.6 Å². The van der Waals surface area contributed by atoms with Crippen LogP contribution in [0.1, 0.15) is 20.4 Å². The first kappa shape index (κ1) is 18.5. The zero-order valence-corrected chi connectivity index (χ0v) is 16.2. The van der Waals surface area contributed by atoms with Gasteiger partial charge in [-0.3, -0.25) is 10.1 Å². The second-order valence-corrected chi connectivity index (χ2v) is 7.96. The second-order valence-electron chi connectivity index (χ2n) is 5.85. The second kappa shape index (κ2) is 7.61. The molecule has 0 atom stereocenters. The molecule has 0 saturated heterocycles. The number of rotatable bonds is 5. The van der Waals surface area contributed by atoms with Gasteiger partial charge in [-0.25, -0.2) is 18.7 Å². The number of ether oxygens (including phenoxy) is 1. The van der Waals surface area contributed by atoms with E-state index >= 15 is 0 Å². The van der Waals surface area contributed by atoms with E-state index in [2.05, 4.69) is 15.3 Å². The number of carbonyl (C=O) groups is 1. The molecule has 5 nitrogen and oxygen atoms in total. The van der Waals surface area contributed by atoms with E-state index in [-0.39, 0.29) is 24.1 Å². The van der Waals surface area contributed by atoms with Gasteiger partial charge in [-0.15, -0.1) is 11.3 Å². The zero-order valence-electron chi connectivity index (χ0n) is 14.5. The van der Waals surface area contributed by atoms with Crippen LogP contribution in [-0.4, -0.2) is 15.9 Å². The number of aryl methyl sites for hydroxylation is 1. The van der Waals surface area contributed by atoms with Gasteiger partial charge in [-0.2, -0.15) is 0 Å². The molecule has 0 spiro atoms. The van der Waals surface area contributed by atoms with Gasteiger partial charge in [0.15, 0.2) is 5.13 Å². The number of amides is 1. The van der Waals surface area contributed by atoms with Crippen LogP contribution in [0.15, 0.2) is 42.5 Å². The number of fused-ring (bicyclic) bond motifs is 1. The van der Waals surface area contributed by atoms with E-state index < -0.39 is 0 Å². The maximum Gasteiger partial charge on any atom is 0.269 e. The van der Waals surface area contributed by atoms with Crippen molar-refractivity contribution in [1.29, 1.82) is 0 Å². The number of hydrogen-bond donors (Lipinski definition) is 1. The summed E-state index contributed by atoms with van der Waals surface area (Å²) in [5.41, 5.74) is 1.20. The van der Waals surface area contributed by atoms with Gasteiger partial charge in [0.1, 0.15) is 33.9 Å². The smallest absolute Gasteiger partial charge is 0.269 e. The van der Waals surface area contributed by atoms with Crippen molar-refractivity contribution in [3.63, 3.8) is 0 Å². The predicted octanol–water partition coefficient (Wildman–Crippen LogP) is 5.17. The van der Waals surface area contributed by atoms with Crippen molar-refractivity contribution in [2.75, 3.05) is 5.32 Å². The third-order valence-corrected chi connectivity index (χ3v) is 5.86. The summed E-state index contributed by atoms with van der Waals surface area (Å²) in [4.78, 5) is 21.7. The van der Waals surface area contributed by atoms with Crippen LogP contribution in [0.3, 0.4) is 0 Å². The first-order valence-electron chi connectivity index (χ1n) is 8.20. The molecule has 2 heterocycles. The minimum absolute atomic E-state index is 0.171. The van der Waals surface area contributed by atoms with Gasteiger partial charge >= 0.3 is 0 Å². The maximum atomic E-state index is 13.3. The average Bonchev–Trinajstić information content (AvgIpc) is 3.23. The molecule has 0 radical (unpaired) electrons. The molecule has 0 aliphatic heterocycles. The number of aromatic nitrogens is 2. The monoisotopic (exact) mass is 417 g/mol. The van der Waals surface area contributed by atoms with Crippen LogP contribution in [0.4, 0.5) is 13.9 Å². The summed E-state index contributed by atoms with van der Waals surface area (Å²) in [7, 11) is 0. The topological polar surface area (TPSA) is 64.1 Å². The first-order valence-corrected chi connectivity index (χ1v) is 9.83. The molecule has 0 bridgehead atoms. The minimum Gasteiger partial charge on any atom is -0.486 e. The predicted molar refractivity (Wildman–Crippen MR) is 105 cm³/mol. The van der Waals surface area contributed by atoms with Crippen LogP contribution in [0.5, 0.6) is 5.75 Å². The summed E-state index contributed by atoms with van der Waals surface area (Å²) in [6.45, 7) is 1.91. The number of nitrogens with one attached hydrogen (secondary N) is 1. The molecule has 0 fully saturated rings. The number of thiazole rings is 2. The van der Waals surface area contributed by atoms with Gasteiger partial charge in [0.25, 0.3) is 5.91 Å². The largest absolute Gasteiger partial charge is 0.486 e. The van der Waals surface area contributed by atoms with E-state index in [1.54, 1.807) is 13.0 Å². The molecular weight excluding hydrogens is 404 g/mol. The Balaban J connectivity index is 1.45. The van der Waals surface area contributed by atoms with Crippen LogP contribution in [0.25, 0.3) is 10.2 Å². The summed E-state index contributed by atoms with van der Waals surface area (Å²) < 4.78 is 32.5. The highest BCUT2D eigenvalue weighted by atomic mass is 32.1. The minimum atomic E-state index is -0.349. The fraction of sp³-hybridized carbons (Fsp3) is 0.105. The molecule has 1 amide bonds. The summed E-state index contributed by atoms with van der Waals surface area (Å²) in [6, 6.07) is 9.95. The molecule has 0 aliphatic rings. The van der Waals surface area contributed by atoms with Crippen molar-refractivity contribution in [1.82, 2.24) is 9.97 Å². The summed E-state index contributed by atoms with van der Waals surface area (Å²) in [6.07, 6.45) is 0. The Morgan fingerprint density at radius 2 is 1.82 bits per heavy atom. The summed E-state index contributed by atoms with van der Waals surface area (Å²) in [5.74, 6) is -0.503. The molecule has 4 rings (SSSR count). The first-order chi connectivity index (χ1) is 13.5. The van der Waals surface area contributed by atoms with Gasteiger partial charge in [-0.05, 0) is 49.4 Å². The number of nitrogens with zero attached hydrogens (tertiary/aromatic N) is 2. The lowest BCUT2D eigenvalue weighted by molar-refractivity contribution is 0.103. The molecule has 1 N–H and O–H groups in total. The SMILES string of the molecule is Cc1nc(COc2ccc(F)cc2)sc1C(=O)Nc1nc2ccc(F)cc2s1. The van der Waals surface area contributed by atoms with E-state index in [0.29, 0.717) is 36.7 Å². The quantitative estimate of drug-likeness (QED) is 0.487. The Labute approximate surface area is 166 Å². The number of hydrogen-bond acceptors (Lipinski definition) is 6. The molecular formula is C19H13F2N3O2S2. The van der Waals surface area contributed by atoms with Crippen LogP contribution in [0, 0.1) is 18.6 Å². The molecule has 2 aromatic heterocycles. The van der Waals surface area contributed by atoms with Crippen LogP contribution < -0.4 is 10.1 Å².